The number of nitrogens with zero attached hydrogens (tertiary/aromatic N) is 3. The fourth-order valence-corrected chi connectivity index (χ4v) is 4.13. The number of guanidine groups is 1. The van der Waals surface area contributed by atoms with E-state index in [1.165, 1.54) is 23.5 Å². The first-order valence-corrected chi connectivity index (χ1v) is 10.4. The Balaban J connectivity index is 1.39. The maximum Gasteiger partial charge on any atom is 0.190 e. The molecule has 0 unspecified atom stereocenters. The third kappa shape index (κ3) is 5.60. The highest BCUT2D eigenvalue weighted by atomic mass is 32.1. The molecule has 1 aliphatic rings. The summed E-state index contributed by atoms with van der Waals surface area (Å²) in [6.45, 7) is 3.91. The third-order valence-electron chi connectivity index (χ3n) is 4.69. The van der Waals surface area contributed by atoms with Crippen LogP contribution in [0.25, 0.3) is 0 Å². The van der Waals surface area contributed by atoms with Crippen LogP contribution in [0.5, 0.6) is 5.75 Å². The second-order valence-corrected chi connectivity index (χ2v) is 7.39. The molecule has 6 nitrogen and oxygen atoms in total. The fourth-order valence-electron chi connectivity index (χ4n) is 3.22. The topological polar surface area (TPSA) is 61.8 Å². The molecule has 1 aromatic heterocycles. The lowest BCUT2D eigenvalue weighted by atomic mass is 10.1. The Hall–Kier alpha value is -2.28. The predicted molar refractivity (Wildman–Crippen MR) is 113 cm³/mol. The normalized spacial score (nSPS) is 14.4. The molecule has 2 heterocycles. The van der Waals surface area contributed by atoms with Gasteiger partial charge in [0.15, 0.2) is 11.1 Å². The molecule has 0 amide bonds. The summed E-state index contributed by atoms with van der Waals surface area (Å²) in [5, 5.41) is 10.1. The molecule has 7 heteroatoms. The zero-order valence-electron chi connectivity index (χ0n) is 16.2. The minimum absolute atomic E-state index is 0.801. The van der Waals surface area contributed by atoms with Gasteiger partial charge in [-0.1, -0.05) is 18.2 Å². The van der Waals surface area contributed by atoms with E-state index in [1.807, 2.05) is 18.2 Å². The molecule has 0 radical (unpaired) electrons. The van der Waals surface area contributed by atoms with Gasteiger partial charge in [-0.15, -0.1) is 11.3 Å². The summed E-state index contributed by atoms with van der Waals surface area (Å²) in [6, 6.07) is 8.11. The first-order valence-electron chi connectivity index (χ1n) is 9.56. The molecule has 0 atom stereocenters. The van der Waals surface area contributed by atoms with Gasteiger partial charge in [0.1, 0.15) is 5.75 Å². The summed E-state index contributed by atoms with van der Waals surface area (Å²) in [7, 11) is 3.51. The van der Waals surface area contributed by atoms with E-state index in [9.17, 15) is 0 Å². The Labute approximate surface area is 165 Å². The molecule has 1 saturated heterocycles. The molecule has 2 N–H and O–H groups in total. The van der Waals surface area contributed by atoms with Gasteiger partial charge in [-0.25, -0.2) is 4.98 Å². The van der Waals surface area contributed by atoms with E-state index >= 15 is 0 Å². The standard InChI is InChI=1S/C20H29N5OS/c1-21-19(22-11-9-16-7-3-4-8-18(16)26-2)23-12-10-17-15-27-20(24-17)25-13-5-6-14-25/h3-4,7-8,15H,5-6,9-14H2,1-2H3,(H2,21,22,23). The lowest BCUT2D eigenvalue weighted by molar-refractivity contribution is 0.409. The monoisotopic (exact) mass is 387 g/mol. The highest BCUT2D eigenvalue weighted by Gasteiger charge is 2.15. The van der Waals surface area contributed by atoms with Crippen LogP contribution in [0.2, 0.25) is 0 Å². The molecule has 0 bridgehead atoms. The molecule has 1 aromatic carbocycles. The first-order chi connectivity index (χ1) is 13.3. The maximum absolute atomic E-state index is 5.40. The van der Waals surface area contributed by atoms with Crippen molar-refractivity contribution in [3.8, 4) is 5.75 Å². The fraction of sp³-hybridized carbons (Fsp3) is 0.500. The molecule has 2 aromatic rings. The van der Waals surface area contributed by atoms with Crippen molar-refractivity contribution in [2.45, 2.75) is 25.7 Å². The summed E-state index contributed by atoms with van der Waals surface area (Å²) in [5.74, 6) is 1.75. The summed E-state index contributed by atoms with van der Waals surface area (Å²) < 4.78 is 5.40. The van der Waals surface area contributed by atoms with Crippen LogP contribution in [0, 0.1) is 0 Å². The number of anilines is 1. The summed E-state index contributed by atoms with van der Waals surface area (Å²) >= 11 is 1.76. The Morgan fingerprint density at radius 2 is 1.93 bits per heavy atom. The van der Waals surface area contributed by atoms with Crippen LogP contribution < -0.4 is 20.3 Å². The Morgan fingerprint density at radius 1 is 1.19 bits per heavy atom. The molecule has 1 fully saturated rings. The highest BCUT2D eigenvalue weighted by molar-refractivity contribution is 7.13. The number of rotatable bonds is 8. The average molecular weight is 388 g/mol. The first kappa shape index (κ1) is 19.5. The molecule has 1 aliphatic heterocycles. The molecule has 3 rings (SSSR count). The van der Waals surface area contributed by atoms with Crippen molar-refractivity contribution in [2.24, 2.45) is 4.99 Å². The van der Waals surface area contributed by atoms with Crippen LogP contribution in [0.15, 0.2) is 34.6 Å². The van der Waals surface area contributed by atoms with Gasteiger partial charge in [-0.05, 0) is 30.9 Å². The van der Waals surface area contributed by atoms with Gasteiger partial charge in [-0.3, -0.25) is 4.99 Å². The zero-order chi connectivity index (χ0) is 18.9. The largest absolute Gasteiger partial charge is 0.496 e. The Morgan fingerprint density at radius 3 is 2.67 bits per heavy atom. The number of aliphatic imine (C=N–C) groups is 1. The highest BCUT2D eigenvalue weighted by Crippen LogP contribution is 2.24. The average Bonchev–Trinajstić information content (AvgIpc) is 3.39. The number of hydrogen-bond acceptors (Lipinski definition) is 5. The second kappa shape index (κ2) is 10.2. The lowest BCUT2D eigenvalue weighted by Crippen LogP contribution is -2.39. The predicted octanol–water partition coefficient (Wildman–Crippen LogP) is 2.70. The summed E-state index contributed by atoms with van der Waals surface area (Å²) in [6.07, 6.45) is 4.36. The number of methoxy groups -OCH3 is 1. The molecule has 0 spiro atoms. The van der Waals surface area contributed by atoms with E-state index in [0.717, 1.165) is 56.4 Å². The number of benzene rings is 1. The summed E-state index contributed by atoms with van der Waals surface area (Å²) in [5.41, 5.74) is 2.35. The van der Waals surface area contributed by atoms with Crippen molar-refractivity contribution < 1.29 is 4.74 Å². The number of aromatic nitrogens is 1. The second-order valence-electron chi connectivity index (χ2n) is 6.55. The molecule has 0 aliphatic carbocycles. The molecule has 0 saturated carbocycles. The smallest absolute Gasteiger partial charge is 0.190 e. The van der Waals surface area contributed by atoms with Crippen LogP contribution >= 0.6 is 11.3 Å². The number of hydrogen-bond donors (Lipinski definition) is 2. The van der Waals surface area contributed by atoms with Crippen LogP contribution in [0.3, 0.4) is 0 Å². The molecular weight excluding hydrogens is 358 g/mol. The molecular formula is C20H29N5OS. The van der Waals surface area contributed by atoms with E-state index in [0.29, 0.717) is 0 Å². The minimum atomic E-state index is 0.801. The minimum Gasteiger partial charge on any atom is -0.496 e. The quantitative estimate of drug-likeness (QED) is 0.539. The number of nitrogens with one attached hydrogen (secondary N) is 2. The molecule has 146 valence electrons. The van der Waals surface area contributed by atoms with Crippen molar-refractivity contribution in [1.82, 2.24) is 15.6 Å². The molecule has 27 heavy (non-hydrogen) atoms. The van der Waals surface area contributed by atoms with Gasteiger partial charge in [0.05, 0.1) is 12.8 Å². The van der Waals surface area contributed by atoms with Crippen molar-refractivity contribution in [3.05, 3.63) is 40.9 Å². The third-order valence-corrected chi connectivity index (χ3v) is 5.64. The van der Waals surface area contributed by atoms with Gasteiger partial charge < -0.3 is 20.3 Å². The maximum atomic E-state index is 5.40. The van der Waals surface area contributed by atoms with Crippen LogP contribution in [-0.4, -0.2) is 51.3 Å². The van der Waals surface area contributed by atoms with Gasteiger partial charge in [-0.2, -0.15) is 0 Å². The Kier molecular flexibility index (Phi) is 7.33. The number of ether oxygens (including phenoxy) is 1. The van der Waals surface area contributed by atoms with Crippen molar-refractivity contribution in [3.63, 3.8) is 0 Å². The zero-order valence-corrected chi connectivity index (χ0v) is 17.0. The van der Waals surface area contributed by atoms with Crippen molar-refractivity contribution in [2.75, 3.05) is 45.2 Å². The SMILES string of the molecule is CN=C(NCCc1csc(N2CCCC2)n1)NCCc1ccccc1OC. The van der Waals surface area contributed by atoms with Crippen molar-refractivity contribution in [1.29, 1.82) is 0 Å². The van der Waals surface area contributed by atoms with E-state index in [2.05, 4.69) is 32.0 Å². The van der Waals surface area contributed by atoms with E-state index in [4.69, 9.17) is 9.72 Å². The van der Waals surface area contributed by atoms with Crippen LogP contribution in [0.4, 0.5) is 5.13 Å². The van der Waals surface area contributed by atoms with Crippen LogP contribution in [0.1, 0.15) is 24.1 Å². The lowest BCUT2D eigenvalue weighted by Gasteiger charge is -2.13. The van der Waals surface area contributed by atoms with Gasteiger partial charge in [0, 0.05) is 45.0 Å². The van der Waals surface area contributed by atoms with Gasteiger partial charge in [0.25, 0.3) is 0 Å². The van der Waals surface area contributed by atoms with Crippen LogP contribution in [-0.2, 0) is 12.8 Å². The number of para-hydroxylation sites is 1. The van der Waals surface area contributed by atoms with E-state index in [-0.39, 0.29) is 0 Å². The number of thiazole rings is 1. The van der Waals surface area contributed by atoms with E-state index < -0.39 is 0 Å². The van der Waals surface area contributed by atoms with E-state index in [1.54, 1.807) is 25.5 Å². The van der Waals surface area contributed by atoms with Crippen molar-refractivity contribution >= 4 is 22.4 Å². The Bertz CT molecular complexity index is 739. The van der Waals surface area contributed by atoms with Gasteiger partial charge in [0.2, 0.25) is 0 Å². The van der Waals surface area contributed by atoms with Gasteiger partial charge >= 0.3 is 0 Å². The summed E-state index contributed by atoms with van der Waals surface area (Å²) in [4.78, 5) is 11.5.